The van der Waals surface area contributed by atoms with E-state index >= 15 is 0 Å². The zero-order valence-corrected chi connectivity index (χ0v) is 23.5. The van der Waals surface area contributed by atoms with Gasteiger partial charge in [-0.1, -0.05) is 31.2 Å². The molecule has 204 valence electrons. The summed E-state index contributed by atoms with van der Waals surface area (Å²) in [5.41, 5.74) is 3.33. The van der Waals surface area contributed by atoms with Crippen LogP contribution >= 0.6 is 0 Å². The average molecular weight is 536 g/mol. The van der Waals surface area contributed by atoms with Crippen molar-refractivity contribution in [2.45, 2.75) is 80.3 Å². The van der Waals surface area contributed by atoms with Crippen LogP contribution in [-0.2, 0) is 21.9 Å². The van der Waals surface area contributed by atoms with Crippen LogP contribution in [0, 0.1) is 11.3 Å². The molecule has 1 spiro atoms. The Hall–Kier alpha value is -1.93. The quantitative estimate of drug-likeness (QED) is 0.575. The van der Waals surface area contributed by atoms with Gasteiger partial charge in [-0.3, -0.25) is 0 Å². The van der Waals surface area contributed by atoms with Crippen LogP contribution in [0.4, 0.5) is 0 Å². The fourth-order valence-corrected chi connectivity index (χ4v) is 11.2. The number of phenolic OH excluding ortho intramolecular Hbond substituents is 1. The van der Waals surface area contributed by atoms with Crippen LogP contribution < -0.4 is 0 Å². The predicted molar refractivity (Wildman–Crippen MR) is 149 cm³/mol. The first-order valence-electron chi connectivity index (χ1n) is 14.6. The first-order valence-corrected chi connectivity index (χ1v) is 16.0. The highest BCUT2D eigenvalue weighted by Crippen LogP contribution is 2.67. The minimum absolute atomic E-state index is 0.0904. The van der Waals surface area contributed by atoms with Crippen molar-refractivity contribution in [3.8, 4) is 5.75 Å². The molecule has 0 radical (unpaired) electrons. The molecular formula is C31H41N3O3S. The fourth-order valence-electron chi connectivity index (χ4n) is 9.27. The number of nitrogens with zero attached hydrogens (tertiary/aromatic N) is 3. The Kier molecular flexibility index (Phi) is 5.80. The Morgan fingerprint density at radius 2 is 1.74 bits per heavy atom. The van der Waals surface area contributed by atoms with Gasteiger partial charge in [0.15, 0.2) is 0 Å². The fraction of sp³-hybridized carbons (Fsp3) is 0.613. The van der Waals surface area contributed by atoms with Crippen molar-refractivity contribution < 1.29 is 13.5 Å². The number of aromatic hydroxyl groups is 1. The number of fused-ring (bicyclic) bond motifs is 3. The van der Waals surface area contributed by atoms with E-state index in [0.29, 0.717) is 28.0 Å². The van der Waals surface area contributed by atoms with E-state index in [4.69, 9.17) is 0 Å². The van der Waals surface area contributed by atoms with E-state index in [1.54, 1.807) is 12.1 Å². The molecule has 7 heteroatoms. The standard InChI is InChI=1S/C31H41N3O3S/c1-22-29-30(21-32(29)2)19-23-8-11-26(35)18-28(23)31(22,20-30)14-17-33-15-12-25(13-16-33)34(24-9-10-24)38(36,37)27-6-4-3-5-7-27/h3-8,11,18,22,24-25,29,35H,9-10,12-17,19-21H2,1-2H3/t22?,29-,30?,31+/m1/s1. The summed E-state index contributed by atoms with van der Waals surface area (Å²) in [7, 11) is -1.18. The molecule has 7 rings (SSSR count). The number of phenols is 1. The van der Waals surface area contributed by atoms with Crippen LogP contribution in [0.2, 0.25) is 0 Å². The van der Waals surface area contributed by atoms with Gasteiger partial charge in [0.1, 0.15) is 5.75 Å². The van der Waals surface area contributed by atoms with Crippen molar-refractivity contribution in [1.82, 2.24) is 14.1 Å². The van der Waals surface area contributed by atoms with E-state index in [2.05, 4.69) is 35.9 Å². The Labute approximate surface area is 227 Å². The highest BCUT2D eigenvalue weighted by molar-refractivity contribution is 7.89. The Morgan fingerprint density at radius 3 is 2.42 bits per heavy atom. The van der Waals surface area contributed by atoms with E-state index in [0.717, 1.165) is 58.2 Å². The number of hydrogen-bond acceptors (Lipinski definition) is 5. The average Bonchev–Trinajstić information content (AvgIpc) is 3.71. The second kappa shape index (κ2) is 8.79. The molecule has 2 saturated carbocycles. The number of likely N-dealkylation sites (tertiary alicyclic amines) is 2. The third-order valence-corrected chi connectivity index (χ3v) is 12.9. The molecule has 2 aliphatic heterocycles. The van der Waals surface area contributed by atoms with Crippen molar-refractivity contribution in [2.75, 3.05) is 33.2 Å². The van der Waals surface area contributed by atoms with Gasteiger partial charge >= 0.3 is 0 Å². The van der Waals surface area contributed by atoms with Gasteiger partial charge in [0, 0.05) is 35.5 Å². The Morgan fingerprint density at radius 1 is 1.03 bits per heavy atom. The van der Waals surface area contributed by atoms with Gasteiger partial charge in [-0.25, -0.2) is 8.42 Å². The Balaban J connectivity index is 1.07. The lowest BCUT2D eigenvalue weighted by atomic mass is 9.61. The minimum Gasteiger partial charge on any atom is -0.508 e. The van der Waals surface area contributed by atoms with Gasteiger partial charge in [-0.2, -0.15) is 4.31 Å². The number of piperidine rings is 1. The lowest BCUT2D eigenvalue weighted by molar-refractivity contribution is -0.0471. The van der Waals surface area contributed by atoms with E-state index in [-0.39, 0.29) is 17.5 Å². The summed E-state index contributed by atoms with van der Waals surface area (Å²) in [5, 5.41) is 10.4. The first-order chi connectivity index (χ1) is 18.2. The van der Waals surface area contributed by atoms with Crippen LogP contribution in [0.3, 0.4) is 0 Å². The zero-order chi connectivity index (χ0) is 26.3. The summed E-state index contributed by atoms with van der Waals surface area (Å²) in [5.74, 6) is 0.947. The molecule has 0 amide bonds. The van der Waals surface area contributed by atoms with E-state index in [1.165, 1.54) is 24.1 Å². The molecule has 2 heterocycles. The minimum atomic E-state index is -3.46. The smallest absolute Gasteiger partial charge is 0.243 e. The molecule has 6 nitrogen and oxygen atoms in total. The predicted octanol–water partition coefficient (Wildman–Crippen LogP) is 4.23. The van der Waals surface area contributed by atoms with Gasteiger partial charge in [-0.05, 0) is 113 Å². The van der Waals surface area contributed by atoms with Gasteiger partial charge in [0.25, 0.3) is 0 Å². The molecular weight excluding hydrogens is 494 g/mol. The highest BCUT2D eigenvalue weighted by Gasteiger charge is 2.68. The van der Waals surface area contributed by atoms with Crippen molar-refractivity contribution in [2.24, 2.45) is 11.3 Å². The molecule has 2 bridgehead atoms. The zero-order valence-electron chi connectivity index (χ0n) is 22.7. The summed E-state index contributed by atoms with van der Waals surface area (Å²) in [6.07, 6.45) is 7.24. The van der Waals surface area contributed by atoms with Crippen LogP contribution in [0.15, 0.2) is 53.4 Å². The summed E-state index contributed by atoms with van der Waals surface area (Å²) in [6.45, 7) is 6.57. The lowest BCUT2D eigenvalue weighted by Gasteiger charge is -2.54. The SMILES string of the molecule is CC1[C@H]2N(C)CC23Cc2ccc(O)cc2[C@@]1(CCN1CCC(N(C2CC2)S(=O)(=O)c2ccccc2)CC1)C3. The van der Waals surface area contributed by atoms with Gasteiger partial charge in [-0.15, -0.1) is 0 Å². The molecule has 2 aromatic carbocycles. The van der Waals surface area contributed by atoms with E-state index in [9.17, 15) is 13.5 Å². The molecule has 0 aromatic heterocycles. The Bertz CT molecular complexity index is 1320. The maximum absolute atomic E-state index is 13.6. The van der Waals surface area contributed by atoms with Crippen molar-refractivity contribution in [1.29, 1.82) is 0 Å². The largest absolute Gasteiger partial charge is 0.508 e. The van der Waals surface area contributed by atoms with Gasteiger partial charge in [0.05, 0.1) is 4.90 Å². The maximum atomic E-state index is 13.6. The molecule has 3 aliphatic carbocycles. The van der Waals surface area contributed by atoms with Gasteiger partial charge in [0.2, 0.25) is 10.0 Å². The maximum Gasteiger partial charge on any atom is 0.243 e. The summed E-state index contributed by atoms with van der Waals surface area (Å²) in [6, 6.07) is 16.0. The van der Waals surface area contributed by atoms with Crippen LogP contribution in [0.1, 0.15) is 56.6 Å². The van der Waals surface area contributed by atoms with Crippen LogP contribution in [-0.4, -0.2) is 79.0 Å². The molecule has 4 fully saturated rings. The molecule has 2 aromatic rings. The van der Waals surface area contributed by atoms with Crippen molar-refractivity contribution >= 4 is 10.0 Å². The third kappa shape index (κ3) is 3.72. The second-order valence-electron chi connectivity index (χ2n) is 13.1. The topological polar surface area (TPSA) is 64.1 Å². The van der Waals surface area contributed by atoms with Crippen molar-refractivity contribution in [3.63, 3.8) is 0 Å². The monoisotopic (exact) mass is 535 g/mol. The van der Waals surface area contributed by atoms with Crippen LogP contribution in [0.25, 0.3) is 0 Å². The summed E-state index contributed by atoms with van der Waals surface area (Å²) in [4.78, 5) is 5.56. The molecule has 4 atom stereocenters. The molecule has 1 N–H and O–H groups in total. The van der Waals surface area contributed by atoms with Crippen molar-refractivity contribution in [3.05, 3.63) is 59.7 Å². The lowest BCUT2D eigenvalue weighted by Crippen LogP contribution is -2.62. The highest BCUT2D eigenvalue weighted by atomic mass is 32.2. The van der Waals surface area contributed by atoms with E-state index in [1.807, 2.05) is 28.6 Å². The number of rotatable bonds is 7. The molecule has 5 aliphatic rings. The normalized spacial score (nSPS) is 33.7. The van der Waals surface area contributed by atoms with Crippen LogP contribution in [0.5, 0.6) is 5.75 Å². The second-order valence-corrected chi connectivity index (χ2v) is 14.9. The number of hydrogen-bond donors (Lipinski definition) is 1. The summed E-state index contributed by atoms with van der Waals surface area (Å²) >= 11 is 0. The van der Waals surface area contributed by atoms with Gasteiger partial charge < -0.3 is 14.9 Å². The summed E-state index contributed by atoms with van der Waals surface area (Å²) < 4.78 is 29.0. The van der Waals surface area contributed by atoms with E-state index < -0.39 is 10.0 Å². The number of benzene rings is 2. The number of sulfonamides is 1. The molecule has 2 saturated heterocycles. The first kappa shape index (κ1) is 25.1. The third-order valence-electron chi connectivity index (χ3n) is 10.9. The molecule has 38 heavy (non-hydrogen) atoms. The molecule has 2 unspecified atom stereocenters.